The minimum absolute atomic E-state index is 0.00756. The molecule has 0 amide bonds. The first-order valence-corrected chi connectivity index (χ1v) is 14.3. The summed E-state index contributed by atoms with van der Waals surface area (Å²) >= 11 is 0. The molecule has 1 aliphatic rings. The van der Waals surface area contributed by atoms with Crippen molar-refractivity contribution < 1.29 is 31.1 Å². The molecule has 2 aromatic rings. The Morgan fingerprint density at radius 1 is 1.08 bits per heavy atom. The van der Waals surface area contributed by atoms with Gasteiger partial charge in [0.1, 0.15) is 18.4 Å². The summed E-state index contributed by atoms with van der Waals surface area (Å²) in [6.07, 6.45) is 1.12. The number of hydrogen-bond donors (Lipinski definition) is 1. The van der Waals surface area contributed by atoms with E-state index in [1.54, 1.807) is 23.1 Å². The second kappa shape index (κ2) is 11.8. The van der Waals surface area contributed by atoms with Crippen molar-refractivity contribution in [2.45, 2.75) is 17.5 Å². The summed E-state index contributed by atoms with van der Waals surface area (Å²) in [5, 5.41) is 8.98. The van der Waals surface area contributed by atoms with Crippen molar-refractivity contribution in [2.75, 3.05) is 46.1 Å². The summed E-state index contributed by atoms with van der Waals surface area (Å²) in [5.41, 5.74) is 1.32. The van der Waals surface area contributed by atoms with Crippen LogP contribution < -0.4 is 9.46 Å². The molecule has 0 radical (unpaired) electrons. The van der Waals surface area contributed by atoms with Gasteiger partial charge < -0.3 is 9.47 Å². The van der Waals surface area contributed by atoms with Gasteiger partial charge in [0.2, 0.25) is 20.0 Å². The Morgan fingerprint density at radius 3 is 2.33 bits per heavy atom. The van der Waals surface area contributed by atoms with Gasteiger partial charge in [0.25, 0.3) is 0 Å². The van der Waals surface area contributed by atoms with Crippen LogP contribution in [-0.2, 0) is 36.2 Å². The molecule has 0 bridgehead atoms. The number of nitrogens with one attached hydrogen (secondary N) is 1. The van der Waals surface area contributed by atoms with Gasteiger partial charge in [0.05, 0.1) is 29.9 Å². The number of benzene rings is 2. The number of rotatable bonds is 10. The first kappa shape index (κ1) is 27.6. The zero-order valence-corrected chi connectivity index (χ0v) is 21.6. The number of hydrogen-bond acceptors (Lipinski definition) is 9. The third-order valence-electron chi connectivity index (χ3n) is 5.72. The van der Waals surface area contributed by atoms with Gasteiger partial charge in [-0.15, -0.1) is 0 Å². The highest BCUT2D eigenvalue weighted by Gasteiger charge is 2.33. The van der Waals surface area contributed by atoms with Crippen molar-refractivity contribution in [1.82, 2.24) is 13.9 Å². The van der Waals surface area contributed by atoms with E-state index in [1.807, 2.05) is 6.07 Å². The van der Waals surface area contributed by atoms with Crippen molar-refractivity contribution in [3.8, 4) is 11.8 Å². The third kappa shape index (κ3) is 7.25. The lowest BCUT2D eigenvalue weighted by Crippen LogP contribution is -2.56. The van der Waals surface area contributed by atoms with Crippen LogP contribution in [0, 0.1) is 11.3 Å². The molecule has 11 nitrogen and oxygen atoms in total. The summed E-state index contributed by atoms with van der Waals surface area (Å²) in [6, 6.07) is 14.0. The highest BCUT2D eigenvalue weighted by molar-refractivity contribution is 7.89. The minimum atomic E-state index is -3.94. The lowest BCUT2D eigenvalue weighted by molar-refractivity contribution is -0.147. The van der Waals surface area contributed by atoms with E-state index in [-0.39, 0.29) is 44.2 Å². The van der Waals surface area contributed by atoms with Gasteiger partial charge in [-0.05, 0) is 42.0 Å². The average Bonchev–Trinajstić information content (AvgIpc) is 2.87. The van der Waals surface area contributed by atoms with Gasteiger partial charge in [-0.3, -0.25) is 9.69 Å². The number of nitriles is 1. The van der Waals surface area contributed by atoms with Crippen LogP contribution in [0.15, 0.2) is 53.4 Å². The first-order valence-electron chi connectivity index (χ1n) is 11.0. The second-order valence-electron chi connectivity index (χ2n) is 8.16. The lowest BCUT2D eigenvalue weighted by Gasteiger charge is -2.36. The maximum Gasteiger partial charge on any atom is 0.324 e. The zero-order chi connectivity index (χ0) is 26.3. The Balaban J connectivity index is 1.61. The van der Waals surface area contributed by atoms with Gasteiger partial charge in [0.15, 0.2) is 0 Å². The normalized spacial score (nSPS) is 16.1. The fourth-order valence-electron chi connectivity index (χ4n) is 3.73. The van der Waals surface area contributed by atoms with E-state index in [0.29, 0.717) is 11.3 Å². The quantitative estimate of drug-likeness (QED) is 0.430. The van der Waals surface area contributed by atoms with Crippen LogP contribution in [0.25, 0.3) is 0 Å². The summed E-state index contributed by atoms with van der Waals surface area (Å²) in [7, 11) is -6.07. The number of carbonyl (C=O) groups is 1. The molecule has 0 aromatic heterocycles. The molecule has 0 spiro atoms. The van der Waals surface area contributed by atoms with Crippen LogP contribution in [0.2, 0.25) is 0 Å². The number of esters is 1. The van der Waals surface area contributed by atoms with E-state index in [9.17, 15) is 21.6 Å². The van der Waals surface area contributed by atoms with Crippen molar-refractivity contribution >= 4 is 26.0 Å². The monoisotopic (exact) mass is 536 g/mol. The Labute approximate surface area is 211 Å². The van der Waals surface area contributed by atoms with Gasteiger partial charge in [0, 0.05) is 32.7 Å². The van der Waals surface area contributed by atoms with Gasteiger partial charge in [-0.25, -0.2) is 21.6 Å². The van der Waals surface area contributed by atoms with E-state index in [1.165, 1.54) is 35.7 Å². The molecule has 13 heteroatoms. The lowest BCUT2D eigenvalue weighted by atomic mass is 10.1. The molecule has 3 rings (SSSR count). The SMILES string of the molecule is COC(=O)C(CNS(=O)(=O)c1ccc(OCc2cccc(C#N)c2)cc1)N1CCN(S(C)(=O)=O)CC1. The molecule has 1 aliphatic heterocycles. The predicted molar refractivity (Wildman–Crippen MR) is 131 cm³/mol. The fraction of sp³-hybridized carbons (Fsp3) is 0.391. The highest BCUT2D eigenvalue weighted by Crippen LogP contribution is 2.18. The summed E-state index contributed by atoms with van der Waals surface area (Å²) in [5.74, 6) is -0.165. The van der Waals surface area contributed by atoms with Crippen LogP contribution in [0.3, 0.4) is 0 Å². The number of nitrogens with zero attached hydrogens (tertiary/aromatic N) is 3. The zero-order valence-electron chi connectivity index (χ0n) is 20.0. The number of methoxy groups -OCH3 is 1. The van der Waals surface area contributed by atoms with Crippen molar-refractivity contribution in [2.24, 2.45) is 0 Å². The summed E-state index contributed by atoms with van der Waals surface area (Å²) in [6.45, 7) is 0.896. The first-order chi connectivity index (χ1) is 17.0. The third-order valence-corrected chi connectivity index (χ3v) is 8.46. The molecule has 1 heterocycles. The summed E-state index contributed by atoms with van der Waals surface area (Å²) in [4.78, 5) is 14.0. The molecule has 1 atom stereocenters. The van der Waals surface area contributed by atoms with Gasteiger partial charge in [-0.2, -0.15) is 9.57 Å². The van der Waals surface area contributed by atoms with Crippen LogP contribution in [0.1, 0.15) is 11.1 Å². The maximum absolute atomic E-state index is 12.8. The molecule has 1 N–H and O–H groups in total. The molecule has 1 unspecified atom stereocenters. The maximum atomic E-state index is 12.8. The van der Waals surface area contributed by atoms with E-state index < -0.39 is 32.1 Å². The largest absolute Gasteiger partial charge is 0.489 e. The molecule has 1 fully saturated rings. The highest BCUT2D eigenvalue weighted by atomic mass is 32.2. The van der Waals surface area contributed by atoms with Crippen molar-refractivity contribution in [3.63, 3.8) is 0 Å². The Morgan fingerprint density at radius 2 is 1.75 bits per heavy atom. The van der Waals surface area contributed by atoms with E-state index in [2.05, 4.69) is 10.8 Å². The van der Waals surface area contributed by atoms with E-state index in [4.69, 9.17) is 14.7 Å². The molecule has 2 aromatic carbocycles. The summed E-state index contributed by atoms with van der Waals surface area (Å²) < 4.78 is 63.4. The molecule has 0 aliphatic carbocycles. The number of carbonyl (C=O) groups excluding carboxylic acids is 1. The molecule has 36 heavy (non-hydrogen) atoms. The van der Waals surface area contributed by atoms with Gasteiger partial charge >= 0.3 is 5.97 Å². The molecule has 0 saturated carbocycles. The van der Waals surface area contributed by atoms with Gasteiger partial charge in [-0.1, -0.05) is 12.1 Å². The molecular weight excluding hydrogens is 508 g/mol. The van der Waals surface area contributed by atoms with Crippen molar-refractivity contribution in [3.05, 3.63) is 59.7 Å². The Hall–Kier alpha value is -3.02. The van der Waals surface area contributed by atoms with E-state index in [0.717, 1.165) is 11.8 Å². The van der Waals surface area contributed by atoms with Crippen molar-refractivity contribution in [1.29, 1.82) is 5.26 Å². The minimum Gasteiger partial charge on any atom is -0.489 e. The molecule has 194 valence electrons. The molecular formula is C23H28N4O7S2. The Bertz CT molecular complexity index is 1310. The number of sulfonamides is 2. The predicted octanol–water partition coefficient (Wildman–Crippen LogP) is 0.534. The second-order valence-corrected chi connectivity index (χ2v) is 11.9. The average molecular weight is 537 g/mol. The fourth-order valence-corrected chi connectivity index (χ4v) is 5.59. The standard InChI is InChI=1S/C23H28N4O7S2/c1-33-23(28)22(26-10-12-27(13-11-26)35(2,29)30)16-25-36(31,32)21-8-6-20(7-9-21)34-17-19-5-3-4-18(14-19)15-24/h3-9,14,22,25H,10-13,16-17H2,1-2H3. The smallest absolute Gasteiger partial charge is 0.324 e. The number of piperazine rings is 1. The molecule has 1 saturated heterocycles. The topological polar surface area (TPSA) is 146 Å². The van der Waals surface area contributed by atoms with Crippen LogP contribution in [-0.4, -0.2) is 84.1 Å². The number of ether oxygens (including phenoxy) is 2. The van der Waals surface area contributed by atoms with Crippen LogP contribution in [0.4, 0.5) is 0 Å². The van der Waals surface area contributed by atoms with E-state index >= 15 is 0 Å². The van der Waals surface area contributed by atoms with Crippen LogP contribution >= 0.6 is 0 Å². The van der Waals surface area contributed by atoms with Crippen LogP contribution in [0.5, 0.6) is 5.75 Å². The Kier molecular flexibility index (Phi) is 9.04.